The van der Waals surface area contributed by atoms with Gasteiger partial charge in [0.15, 0.2) is 0 Å². The summed E-state index contributed by atoms with van der Waals surface area (Å²) < 4.78 is 0. The monoisotopic (exact) mass is 233 g/mol. The standard InChI is InChI=1S/BH3O3.Ca.K.H3N.3Na.6H/c2-1(3)4;;;;;;;;;;;;/h2-4H;;;1H3;;;;;;;;;/q;+2;+1;;3*+1;6*-1. The van der Waals surface area contributed by atoms with Crippen molar-refractivity contribution in [3.05, 3.63) is 0 Å². The molecule has 0 aliphatic rings. The average Bonchev–Trinajstić information content (AvgIpc) is 0.811. The Bertz CT molecular complexity index is 43.7. The van der Waals surface area contributed by atoms with Crippen molar-refractivity contribution in [2.24, 2.45) is 0 Å². The van der Waals surface area contributed by atoms with Gasteiger partial charge in [-0.2, -0.15) is 0 Å². The van der Waals surface area contributed by atoms with Crippen LogP contribution < -0.4 is 146 Å². The van der Waals surface area contributed by atoms with E-state index in [1.54, 1.807) is 0 Å². The predicted molar refractivity (Wildman–Crippen MR) is 29.9 cm³/mol. The minimum atomic E-state index is -2.17. The molecule has 0 saturated heterocycles. The number of hydrogen-bond donors (Lipinski definition) is 4. The van der Waals surface area contributed by atoms with Gasteiger partial charge in [-0.15, -0.1) is 0 Å². The summed E-state index contributed by atoms with van der Waals surface area (Å²) in [5.41, 5.74) is 0. The molecule has 0 aromatic heterocycles. The fourth-order valence-electron chi connectivity index (χ4n) is 0. The maximum Gasteiger partial charge on any atom is 2.00 e. The third-order valence-electron chi connectivity index (χ3n) is 0. The molecular weight excluding hydrogens is 221 g/mol. The van der Waals surface area contributed by atoms with Crippen molar-refractivity contribution in [3.8, 4) is 0 Å². The van der Waals surface area contributed by atoms with E-state index >= 15 is 0 Å². The van der Waals surface area contributed by atoms with Gasteiger partial charge >= 0.3 is 185 Å². The fraction of sp³-hybridized carbons (Fsp3) is 0. The quantitative estimate of drug-likeness (QED) is 0.312. The van der Waals surface area contributed by atoms with Crippen LogP contribution in [0.1, 0.15) is 8.56 Å². The zero-order valence-corrected chi connectivity index (χ0v) is 18.7. The molecule has 0 saturated carbocycles. The second-order valence-corrected chi connectivity index (χ2v) is 0.346. The van der Waals surface area contributed by atoms with Crippen LogP contribution in [0.25, 0.3) is 0 Å². The first-order valence-electron chi connectivity index (χ1n) is 0.775. The molecule has 4 nitrogen and oxygen atoms in total. The first-order valence-corrected chi connectivity index (χ1v) is 0.775. The van der Waals surface area contributed by atoms with Crippen LogP contribution in [-0.4, -0.2) is 60.1 Å². The van der Waals surface area contributed by atoms with E-state index in [-0.39, 0.29) is 193 Å². The molecule has 0 aromatic rings. The van der Waals surface area contributed by atoms with Gasteiger partial charge in [0.05, 0.1) is 0 Å². The summed E-state index contributed by atoms with van der Waals surface area (Å²) in [6, 6.07) is 0. The van der Waals surface area contributed by atoms with E-state index in [1.807, 2.05) is 0 Å². The van der Waals surface area contributed by atoms with Crippen molar-refractivity contribution < 1.29 is 164 Å². The Hall–Kier alpha value is 5.80. The zero-order chi connectivity index (χ0) is 3.58. The molecule has 0 aliphatic heterocycles. The molecule has 0 radical (unpaired) electrons. The van der Waals surface area contributed by atoms with Gasteiger partial charge in [-0.3, -0.25) is 0 Å². The van der Waals surface area contributed by atoms with Gasteiger partial charge in [0.25, 0.3) is 0 Å². The van der Waals surface area contributed by atoms with Crippen LogP contribution in [0.5, 0.6) is 0 Å². The molecule has 10 heavy (non-hydrogen) atoms. The Morgan fingerprint density at radius 1 is 0.900 bits per heavy atom. The Morgan fingerprint density at radius 2 is 0.900 bits per heavy atom. The molecule has 0 aliphatic carbocycles. The summed E-state index contributed by atoms with van der Waals surface area (Å²) in [5.74, 6) is 0. The van der Waals surface area contributed by atoms with E-state index in [4.69, 9.17) is 15.1 Å². The Labute approximate surface area is 209 Å². The smallest absolute Gasteiger partial charge is 1.00 e. The third-order valence-corrected chi connectivity index (χ3v) is 0. The van der Waals surface area contributed by atoms with E-state index in [0.29, 0.717) is 0 Å². The van der Waals surface area contributed by atoms with Crippen molar-refractivity contribution in [3.63, 3.8) is 0 Å². The normalized spacial score (nSPS) is 2.70. The summed E-state index contributed by atoms with van der Waals surface area (Å²) in [5, 5.41) is 21.5. The van der Waals surface area contributed by atoms with E-state index in [0.717, 1.165) is 0 Å². The summed E-state index contributed by atoms with van der Waals surface area (Å²) in [4.78, 5) is 0. The van der Waals surface area contributed by atoms with Crippen LogP contribution in [0, 0.1) is 0 Å². The van der Waals surface area contributed by atoms with Crippen LogP contribution in [0.3, 0.4) is 0 Å². The van der Waals surface area contributed by atoms with Crippen LogP contribution in [-0.2, 0) is 0 Å². The SMILES string of the molecule is N.OB(O)O.[Ca+2].[H-].[H-].[H-].[H-].[H-].[H-].[K+].[Na+].[Na+].[Na+]. The first-order chi connectivity index (χ1) is 1.73. The topological polar surface area (TPSA) is 95.7 Å². The van der Waals surface area contributed by atoms with Gasteiger partial charge in [0.1, 0.15) is 0 Å². The summed E-state index contributed by atoms with van der Waals surface area (Å²) >= 11 is 0. The van der Waals surface area contributed by atoms with Crippen molar-refractivity contribution >= 4 is 45.1 Å². The van der Waals surface area contributed by atoms with Crippen molar-refractivity contribution in [1.29, 1.82) is 0 Å². The molecule has 0 unspecified atom stereocenters. The molecule has 0 rings (SSSR count). The largest absolute Gasteiger partial charge is 2.00 e. The van der Waals surface area contributed by atoms with Gasteiger partial charge < -0.3 is 29.8 Å². The molecule has 0 spiro atoms. The van der Waals surface area contributed by atoms with Crippen LogP contribution in [0.2, 0.25) is 0 Å². The Morgan fingerprint density at radius 3 is 0.900 bits per heavy atom. The molecule has 0 aromatic carbocycles. The summed E-state index contributed by atoms with van der Waals surface area (Å²) in [6.45, 7) is 0. The molecule has 0 heterocycles. The van der Waals surface area contributed by atoms with E-state index < -0.39 is 7.32 Å². The Balaban J connectivity index is -0.000000000682. The molecule has 0 atom stereocenters. The van der Waals surface area contributed by atoms with E-state index in [1.165, 1.54) is 0 Å². The van der Waals surface area contributed by atoms with Crippen LogP contribution >= 0.6 is 0 Å². The van der Waals surface area contributed by atoms with Crippen LogP contribution in [0.4, 0.5) is 0 Å². The van der Waals surface area contributed by atoms with Gasteiger partial charge in [-0.05, 0) is 0 Å². The third kappa shape index (κ3) is 67.2. The van der Waals surface area contributed by atoms with Gasteiger partial charge in [0, 0.05) is 0 Å². The minimum absolute atomic E-state index is 0. The maximum absolute atomic E-state index is 7.17. The number of hydrogen-bond acceptors (Lipinski definition) is 4. The van der Waals surface area contributed by atoms with Crippen molar-refractivity contribution in [1.82, 2.24) is 6.15 Å². The number of rotatable bonds is 0. The van der Waals surface area contributed by atoms with E-state index in [9.17, 15) is 0 Å². The molecule has 0 bridgehead atoms. The zero-order valence-electron chi connectivity index (χ0n) is 13.3. The summed E-state index contributed by atoms with van der Waals surface area (Å²) in [7, 11) is -2.17. The van der Waals surface area contributed by atoms with Gasteiger partial charge in [-0.1, -0.05) is 0 Å². The Kier molecular flexibility index (Phi) is 163. The van der Waals surface area contributed by atoms with E-state index in [2.05, 4.69) is 0 Å². The maximum atomic E-state index is 7.17. The average molecular weight is 233 g/mol. The minimum Gasteiger partial charge on any atom is -1.00 e. The second-order valence-electron chi connectivity index (χ2n) is 0.346. The molecule has 44 valence electrons. The molecular formula is H12BCaKNNa3O3. The molecule has 10 heteroatoms. The second kappa shape index (κ2) is 36.4. The van der Waals surface area contributed by atoms with Crippen LogP contribution in [0.15, 0.2) is 0 Å². The van der Waals surface area contributed by atoms with Crippen molar-refractivity contribution in [2.45, 2.75) is 0 Å². The fourth-order valence-corrected chi connectivity index (χ4v) is 0. The van der Waals surface area contributed by atoms with Gasteiger partial charge in [0.2, 0.25) is 0 Å². The molecule has 0 fully saturated rings. The molecule has 6 N–H and O–H groups in total. The molecule has 0 amide bonds. The van der Waals surface area contributed by atoms with Crippen molar-refractivity contribution in [2.75, 3.05) is 0 Å². The van der Waals surface area contributed by atoms with Gasteiger partial charge in [-0.25, -0.2) is 0 Å². The first kappa shape index (κ1) is 44.7. The predicted octanol–water partition coefficient (Wildman–Crippen LogP) is -13.6. The summed E-state index contributed by atoms with van der Waals surface area (Å²) in [6.07, 6.45) is 0.